The van der Waals surface area contributed by atoms with Crippen molar-refractivity contribution < 1.29 is 4.74 Å². The van der Waals surface area contributed by atoms with E-state index < -0.39 is 0 Å². The van der Waals surface area contributed by atoms with Crippen molar-refractivity contribution in [1.29, 1.82) is 0 Å². The van der Waals surface area contributed by atoms with E-state index >= 15 is 0 Å². The van der Waals surface area contributed by atoms with Crippen molar-refractivity contribution in [2.75, 3.05) is 26.7 Å². The standard InChI is InChI=1S/C28H27N7O/c1-29-23-9-6-20(7-10-23)26-27(21-8-11-24-22(13-21)14-31-34(24)3)35-18-30-15-25(35)28(32-26)36-17-19-5-4-12-33(2)16-19/h6-11,13-15,18-19H,4-5,12,16-17H2,2-3H3/t19-/m1/s1. The molecule has 0 N–H and O–H groups in total. The maximum absolute atomic E-state index is 7.33. The Morgan fingerprint density at radius 1 is 1.06 bits per heavy atom. The molecule has 0 amide bonds. The molecule has 0 radical (unpaired) electrons. The van der Waals surface area contributed by atoms with E-state index in [-0.39, 0.29) is 0 Å². The smallest absolute Gasteiger partial charge is 0.240 e. The third-order valence-electron chi connectivity index (χ3n) is 7.00. The molecule has 2 aromatic carbocycles. The normalized spacial score (nSPS) is 16.4. The lowest BCUT2D eigenvalue weighted by Crippen LogP contribution is -2.34. The number of ether oxygens (including phenoxy) is 1. The monoisotopic (exact) mass is 477 g/mol. The van der Waals surface area contributed by atoms with E-state index in [1.807, 2.05) is 54.7 Å². The third-order valence-corrected chi connectivity index (χ3v) is 7.00. The third kappa shape index (κ3) is 3.97. The minimum absolute atomic E-state index is 0.475. The first-order valence-electron chi connectivity index (χ1n) is 12.2. The zero-order valence-electron chi connectivity index (χ0n) is 20.4. The van der Waals surface area contributed by atoms with Crippen LogP contribution in [0, 0.1) is 12.5 Å². The number of aromatic nitrogens is 5. The van der Waals surface area contributed by atoms with Gasteiger partial charge in [-0.05, 0) is 44.1 Å². The molecule has 1 fully saturated rings. The number of hydrogen-bond acceptors (Lipinski definition) is 5. The van der Waals surface area contributed by atoms with Crippen molar-refractivity contribution in [2.24, 2.45) is 13.0 Å². The van der Waals surface area contributed by atoms with Crippen LogP contribution < -0.4 is 4.74 Å². The number of benzene rings is 2. The first kappa shape index (κ1) is 22.3. The summed E-state index contributed by atoms with van der Waals surface area (Å²) in [4.78, 5) is 15.4. The molecule has 1 aliphatic heterocycles. The van der Waals surface area contributed by atoms with E-state index in [0.29, 0.717) is 24.1 Å². The van der Waals surface area contributed by atoms with Crippen LogP contribution in [-0.4, -0.2) is 55.8 Å². The topological polar surface area (TPSA) is 64.8 Å². The van der Waals surface area contributed by atoms with Gasteiger partial charge in [-0.3, -0.25) is 9.08 Å². The van der Waals surface area contributed by atoms with Gasteiger partial charge in [0, 0.05) is 30.5 Å². The lowest BCUT2D eigenvalue weighted by Gasteiger charge is -2.29. The van der Waals surface area contributed by atoms with E-state index in [2.05, 4.69) is 49.5 Å². The molecule has 1 saturated heterocycles. The van der Waals surface area contributed by atoms with Gasteiger partial charge >= 0.3 is 0 Å². The van der Waals surface area contributed by atoms with Crippen molar-refractivity contribution in [3.63, 3.8) is 0 Å². The Bertz CT molecular complexity index is 1590. The fraction of sp³-hybridized carbons (Fsp3) is 0.286. The van der Waals surface area contributed by atoms with Gasteiger partial charge in [-0.1, -0.05) is 30.3 Å². The summed E-state index contributed by atoms with van der Waals surface area (Å²) >= 11 is 0. The lowest BCUT2D eigenvalue weighted by molar-refractivity contribution is 0.148. The van der Waals surface area contributed by atoms with Crippen LogP contribution in [0.25, 0.3) is 43.8 Å². The highest BCUT2D eigenvalue weighted by Crippen LogP contribution is 2.37. The molecular formula is C28H27N7O. The van der Waals surface area contributed by atoms with Gasteiger partial charge in [-0.15, -0.1) is 0 Å². The molecule has 0 saturated carbocycles. The average Bonchev–Trinajstić information content (AvgIpc) is 3.54. The first-order valence-corrected chi connectivity index (χ1v) is 12.2. The molecule has 0 bridgehead atoms. The van der Waals surface area contributed by atoms with Gasteiger partial charge in [0.15, 0.2) is 5.69 Å². The van der Waals surface area contributed by atoms with Crippen LogP contribution in [0.1, 0.15) is 12.8 Å². The van der Waals surface area contributed by atoms with Crippen molar-refractivity contribution in [2.45, 2.75) is 12.8 Å². The van der Waals surface area contributed by atoms with Gasteiger partial charge in [-0.2, -0.15) is 5.10 Å². The predicted octanol–water partition coefficient (Wildman–Crippen LogP) is 5.22. The number of rotatable bonds is 5. The Morgan fingerprint density at radius 2 is 1.89 bits per heavy atom. The zero-order chi connectivity index (χ0) is 24.6. The van der Waals surface area contributed by atoms with Crippen LogP contribution >= 0.6 is 0 Å². The molecule has 5 aromatic rings. The van der Waals surface area contributed by atoms with Crippen LogP contribution in [0.15, 0.2) is 61.2 Å². The van der Waals surface area contributed by atoms with Crippen molar-refractivity contribution in [1.82, 2.24) is 29.0 Å². The second-order valence-electron chi connectivity index (χ2n) is 9.55. The first-order chi connectivity index (χ1) is 17.6. The molecule has 6 rings (SSSR count). The Hall–Kier alpha value is -4.22. The van der Waals surface area contributed by atoms with Crippen LogP contribution in [0.2, 0.25) is 0 Å². The van der Waals surface area contributed by atoms with Crippen molar-refractivity contribution in [3.05, 3.63) is 72.6 Å². The van der Waals surface area contributed by atoms with Gasteiger partial charge in [0.1, 0.15) is 5.52 Å². The van der Waals surface area contributed by atoms with Gasteiger partial charge in [0.05, 0.1) is 48.8 Å². The maximum atomic E-state index is 7.33. The molecule has 1 aliphatic rings. The average molecular weight is 478 g/mol. The lowest BCUT2D eigenvalue weighted by atomic mass is 10.00. The summed E-state index contributed by atoms with van der Waals surface area (Å²) in [5.74, 6) is 1.05. The van der Waals surface area contributed by atoms with Crippen LogP contribution in [-0.2, 0) is 7.05 Å². The predicted molar refractivity (Wildman–Crippen MR) is 140 cm³/mol. The van der Waals surface area contributed by atoms with Crippen LogP contribution in [0.3, 0.4) is 0 Å². The maximum Gasteiger partial charge on any atom is 0.240 e. The van der Waals surface area contributed by atoms with Crippen molar-refractivity contribution in [3.8, 4) is 28.4 Å². The van der Waals surface area contributed by atoms with Gasteiger partial charge < -0.3 is 9.64 Å². The van der Waals surface area contributed by atoms with Crippen molar-refractivity contribution >= 4 is 22.1 Å². The molecule has 0 spiro atoms. The summed E-state index contributed by atoms with van der Waals surface area (Å²) < 4.78 is 10.3. The largest absolute Gasteiger partial charge is 0.476 e. The summed E-state index contributed by atoms with van der Waals surface area (Å²) in [5.41, 5.74) is 6.14. The summed E-state index contributed by atoms with van der Waals surface area (Å²) in [6.07, 6.45) is 7.86. The van der Waals surface area contributed by atoms with Crippen LogP contribution in [0.5, 0.6) is 5.88 Å². The molecule has 36 heavy (non-hydrogen) atoms. The molecule has 8 heteroatoms. The quantitative estimate of drug-likeness (QED) is 0.325. The summed E-state index contributed by atoms with van der Waals surface area (Å²) in [7, 11) is 4.11. The van der Waals surface area contributed by atoms with Crippen LogP contribution in [0.4, 0.5) is 5.69 Å². The number of hydrogen-bond donors (Lipinski definition) is 0. The van der Waals surface area contributed by atoms with Gasteiger partial charge in [0.25, 0.3) is 0 Å². The fourth-order valence-electron chi connectivity index (χ4n) is 5.15. The molecule has 180 valence electrons. The second kappa shape index (κ2) is 9.10. The number of imidazole rings is 1. The summed E-state index contributed by atoms with van der Waals surface area (Å²) in [6.45, 7) is 10.1. The SMILES string of the molecule is [C-]#[N+]c1ccc(-c2nc(OC[C@@H]3CCCN(C)C3)c3cncn3c2-c2ccc3c(cnn3C)c2)cc1. The minimum atomic E-state index is 0.475. The number of fused-ring (bicyclic) bond motifs is 2. The highest BCUT2D eigenvalue weighted by atomic mass is 16.5. The van der Waals surface area contributed by atoms with Gasteiger partial charge in [-0.25, -0.2) is 14.8 Å². The number of piperidine rings is 1. The number of aryl methyl sites for hydroxylation is 1. The Labute approximate surface area is 209 Å². The fourth-order valence-corrected chi connectivity index (χ4v) is 5.15. The van der Waals surface area contributed by atoms with E-state index in [9.17, 15) is 0 Å². The summed E-state index contributed by atoms with van der Waals surface area (Å²) in [5, 5.41) is 5.46. The molecule has 1 atom stereocenters. The molecule has 8 nitrogen and oxygen atoms in total. The highest BCUT2D eigenvalue weighted by molar-refractivity contribution is 5.89. The molecule has 3 aromatic heterocycles. The van der Waals surface area contributed by atoms with Gasteiger partial charge in [0.2, 0.25) is 5.88 Å². The summed E-state index contributed by atoms with van der Waals surface area (Å²) in [6, 6.07) is 13.9. The van der Waals surface area contributed by atoms with E-state index in [4.69, 9.17) is 16.3 Å². The Balaban J connectivity index is 1.49. The molecule has 0 aliphatic carbocycles. The number of nitrogens with zero attached hydrogens (tertiary/aromatic N) is 7. The second-order valence-corrected chi connectivity index (χ2v) is 9.55. The molecule has 0 unspecified atom stereocenters. The minimum Gasteiger partial charge on any atom is -0.476 e. The Morgan fingerprint density at radius 3 is 2.69 bits per heavy atom. The van der Waals surface area contributed by atoms with E-state index in [1.165, 1.54) is 6.42 Å². The Kier molecular flexibility index (Phi) is 5.62. The van der Waals surface area contributed by atoms with E-state index in [1.54, 1.807) is 0 Å². The molecule has 4 heterocycles. The zero-order valence-corrected chi connectivity index (χ0v) is 20.4. The highest BCUT2D eigenvalue weighted by Gasteiger charge is 2.22. The molecular weight excluding hydrogens is 450 g/mol. The van der Waals surface area contributed by atoms with E-state index in [0.717, 1.165) is 58.4 Å². The number of likely N-dealkylation sites (tertiary alicyclic amines) is 1.